The molecule has 2 aromatic heterocycles. The van der Waals surface area contributed by atoms with Gasteiger partial charge in [0.2, 0.25) is 0 Å². The molecule has 1 N–H and O–H groups in total. The van der Waals surface area contributed by atoms with Gasteiger partial charge in [0.15, 0.2) is 5.82 Å². The zero-order valence-electron chi connectivity index (χ0n) is 16.7. The van der Waals surface area contributed by atoms with Gasteiger partial charge in [-0.15, -0.1) is 5.10 Å². The van der Waals surface area contributed by atoms with Crippen LogP contribution in [0.15, 0.2) is 54.6 Å². The maximum absolute atomic E-state index is 13.4. The summed E-state index contributed by atoms with van der Waals surface area (Å²) in [7, 11) is 0. The van der Waals surface area contributed by atoms with Crippen LogP contribution in [0.3, 0.4) is 0 Å². The Balaban J connectivity index is 1.48. The molecule has 0 spiro atoms. The summed E-state index contributed by atoms with van der Waals surface area (Å²) in [5.74, 6) is 0.809. The van der Waals surface area contributed by atoms with Crippen LogP contribution in [-0.4, -0.2) is 37.1 Å². The van der Waals surface area contributed by atoms with Gasteiger partial charge in [-0.25, -0.2) is 9.67 Å². The molecule has 1 aliphatic rings. The highest BCUT2D eigenvalue weighted by Gasteiger charge is 2.22. The van der Waals surface area contributed by atoms with E-state index < -0.39 is 0 Å². The van der Waals surface area contributed by atoms with Crippen molar-refractivity contribution in [2.24, 2.45) is 0 Å². The number of carbonyl (C=O) groups is 1. The molecule has 1 unspecified atom stereocenters. The van der Waals surface area contributed by atoms with Crippen LogP contribution in [0, 0.1) is 6.92 Å². The molecule has 1 aliphatic heterocycles. The van der Waals surface area contributed by atoms with Gasteiger partial charge in [0, 0.05) is 30.0 Å². The van der Waals surface area contributed by atoms with Crippen molar-refractivity contribution < 1.29 is 4.79 Å². The van der Waals surface area contributed by atoms with E-state index in [1.807, 2.05) is 66.2 Å². The van der Waals surface area contributed by atoms with Crippen LogP contribution in [-0.2, 0) is 13.0 Å². The third kappa shape index (κ3) is 3.54. The largest absolute Gasteiger partial charge is 0.349 e. The molecule has 0 fully saturated rings. The summed E-state index contributed by atoms with van der Waals surface area (Å²) in [5.41, 5.74) is 4.37. The van der Waals surface area contributed by atoms with Crippen LogP contribution < -0.4 is 5.32 Å². The minimum atomic E-state index is -0.0687. The fraction of sp³-hybridized carbons (Fsp3) is 0.261. The Morgan fingerprint density at radius 2 is 1.97 bits per heavy atom. The van der Waals surface area contributed by atoms with Gasteiger partial charge in [0.25, 0.3) is 5.91 Å². The van der Waals surface area contributed by atoms with E-state index in [2.05, 4.69) is 20.8 Å². The summed E-state index contributed by atoms with van der Waals surface area (Å²) in [6, 6.07) is 18.0. The summed E-state index contributed by atoms with van der Waals surface area (Å²) in [5, 5.41) is 15.9. The number of rotatable bonds is 3. The first-order valence-corrected chi connectivity index (χ1v) is 10.2. The van der Waals surface area contributed by atoms with Gasteiger partial charge in [0.1, 0.15) is 0 Å². The van der Waals surface area contributed by atoms with Crippen molar-refractivity contribution in [2.75, 3.05) is 0 Å². The zero-order valence-corrected chi connectivity index (χ0v) is 16.7. The second-order valence-corrected chi connectivity index (χ2v) is 7.76. The van der Waals surface area contributed by atoms with E-state index in [4.69, 9.17) is 4.98 Å². The van der Waals surface area contributed by atoms with Crippen LogP contribution >= 0.6 is 0 Å². The number of carbonyl (C=O) groups excluding carboxylic acids is 1. The van der Waals surface area contributed by atoms with Gasteiger partial charge in [-0.1, -0.05) is 42.0 Å². The fourth-order valence-corrected chi connectivity index (χ4v) is 3.99. The number of benzene rings is 2. The lowest BCUT2D eigenvalue weighted by atomic mass is 10.0. The number of nitrogens with zero attached hydrogens (tertiary/aromatic N) is 5. The maximum atomic E-state index is 13.4. The summed E-state index contributed by atoms with van der Waals surface area (Å²) in [4.78, 5) is 18.2. The summed E-state index contributed by atoms with van der Waals surface area (Å²) >= 11 is 0. The molecule has 0 aliphatic carbocycles. The smallest absolute Gasteiger partial charge is 0.252 e. The van der Waals surface area contributed by atoms with E-state index in [0.29, 0.717) is 12.1 Å². The van der Waals surface area contributed by atoms with Gasteiger partial charge in [0.05, 0.1) is 16.8 Å². The lowest BCUT2D eigenvalue weighted by Crippen LogP contribution is -2.35. The Bertz CT molecular complexity index is 1190. The second kappa shape index (κ2) is 7.67. The Morgan fingerprint density at radius 3 is 2.83 bits per heavy atom. The van der Waals surface area contributed by atoms with E-state index in [1.54, 1.807) is 0 Å². The fourth-order valence-electron chi connectivity index (χ4n) is 3.99. The van der Waals surface area contributed by atoms with E-state index in [1.165, 1.54) is 0 Å². The third-order valence-corrected chi connectivity index (χ3v) is 5.63. The second-order valence-electron chi connectivity index (χ2n) is 7.76. The molecule has 1 atom stereocenters. The quantitative estimate of drug-likeness (QED) is 0.572. The van der Waals surface area contributed by atoms with Gasteiger partial charge in [-0.3, -0.25) is 4.79 Å². The number of tetrazole rings is 1. The Morgan fingerprint density at radius 1 is 1.10 bits per heavy atom. The molecule has 150 valence electrons. The monoisotopic (exact) mass is 398 g/mol. The van der Waals surface area contributed by atoms with Crippen molar-refractivity contribution in [1.29, 1.82) is 0 Å². The Hall–Kier alpha value is -3.61. The number of fused-ring (bicyclic) bond motifs is 2. The van der Waals surface area contributed by atoms with Crippen LogP contribution in [0.1, 0.15) is 34.6 Å². The SMILES string of the molecule is Cc1ccc2nc(-c3ccccc3)cc(C(=O)NC3CCc4nnnn4CC3)c2c1. The number of hydrogen-bond acceptors (Lipinski definition) is 5. The first-order chi connectivity index (χ1) is 14.7. The van der Waals surface area contributed by atoms with Crippen molar-refractivity contribution in [2.45, 2.75) is 38.8 Å². The molecule has 0 radical (unpaired) electrons. The molecular formula is C23H22N6O. The van der Waals surface area contributed by atoms with Gasteiger partial charge in [-0.05, 0) is 48.4 Å². The minimum Gasteiger partial charge on any atom is -0.349 e. The normalized spacial score (nSPS) is 16.1. The topological polar surface area (TPSA) is 85.6 Å². The summed E-state index contributed by atoms with van der Waals surface area (Å²) < 4.78 is 1.82. The van der Waals surface area contributed by atoms with Crippen LogP contribution in [0.2, 0.25) is 0 Å². The van der Waals surface area contributed by atoms with Gasteiger partial charge in [-0.2, -0.15) is 0 Å². The first kappa shape index (κ1) is 18.4. The number of hydrogen-bond donors (Lipinski definition) is 1. The highest BCUT2D eigenvalue weighted by atomic mass is 16.1. The number of amides is 1. The number of pyridine rings is 1. The van der Waals surface area contributed by atoms with Crippen molar-refractivity contribution >= 4 is 16.8 Å². The molecule has 3 heterocycles. The van der Waals surface area contributed by atoms with E-state index in [-0.39, 0.29) is 11.9 Å². The lowest BCUT2D eigenvalue weighted by molar-refractivity contribution is 0.0934. The molecule has 1 amide bonds. The maximum Gasteiger partial charge on any atom is 0.252 e. The molecule has 7 nitrogen and oxygen atoms in total. The Labute approximate surface area is 174 Å². The lowest BCUT2D eigenvalue weighted by Gasteiger charge is -2.17. The molecule has 5 rings (SSSR count). The van der Waals surface area contributed by atoms with Crippen LogP contribution in [0.4, 0.5) is 0 Å². The highest BCUT2D eigenvalue weighted by molar-refractivity contribution is 6.07. The highest BCUT2D eigenvalue weighted by Crippen LogP contribution is 2.26. The van der Waals surface area contributed by atoms with E-state index in [0.717, 1.165) is 52.8 Å². The predicted octanol–water partition coefficient (Wildman–Crippen LogP) is 3.33. The van der Waals surface area contributed by atoms with Gasteiger partial charge >= 0.3 is 0 Å². The van der Waals surface area contributed by atoms with E-state index in [9.17, 15) is 4.79 Å². The van der Waals surface area contributed by atoms with Crippen LogP contribution in [0.5, 0.6) is 0 Å². The van der Waals surface area contributed by atoms with E-state index >= 15 is 0 Å². The third-order valence-electron chi connectivity index (χ3n) is 5.63. The molecule has 0 saturated carbocycles. The zero-order chi connectivity index (χ0) is 20.5. The molecule has 2 aromatic carbocycles. The minimum absolute atomic E-state index is 0.0641. The van der Waals surface area contributed by atoms with Crippen molar-refractivity contribution in [1.82, 2.24) is 30.5 Å². The van der Waals surface area contributed by atoms with Gasteiger partial charge < -0.3 is 5.32 Å². The summed E-state index contributed by atoms with van der Waals surface area (Å²) in [6.45, 7) is 2.73. The average Bonchev–Trinajstić information content (AvgIpc) is 3.14. The van der Waals surface area contributed by atoms with Crippen molar-refractivity contribution in [3.05, 3.63) is 71.5 Å². The number of nitrogens with one attached hydrogen (secondary N) is 1. The number of aromatic nitrogens is 5. The number of aryl methyl sites for hydroxylation is 3. The standard InChI is InChI=1S/C23H22N6O/c1-15-7-9-20-18(13-15)19(14-21(25-20)16-5-3-2-4-6-16)23(30)24-17-8-10-22-26-27-28-29(22)12-11-17/h2-7,9,13-14,17H,8,10-12H2,1H3,(H,24,30). The van der Waals surface area contributed by atoms with Crippen LogP contribution in [0.25, 0.3) is 22.2 Å². The molecular weight excluding hydrogens is 376 g/mol. The molecule has 0 saturated heterocycles. The first-order valence-electron chi connectivity index (χ1n) is 10.2. The molecule has 7 heteroatoms. The predicted molar refractivity (Wildman–Crippen MR) is 114 cm³/mol. The summed E-state index contributed by atoms with van der Waals surface area (Å²) in [6.07, 6.45) is 2.38. The van der Waals surface area contributed by atoms with Crippen molar-refractivity contribution in [3.63, 3.8) is 0 Å². The molecule has 30 heavy (non-hydrogen) atoms. The Kier molecular flexibility index (Phi) is 4.71. The van der Waals surface area contributed by atoms with Crippen molar-refractivity contribution in [3.8, 4) is 11.3 Å². The average molecular weight is 398 g/mol. The molecule has 4 aromatic rings. The molecule has 0 bridgehead atoms.